The average molecular weight is 288 g/mol. The van der Waals surface area contributed by atoms with Gasteiger partial charge < -0.3 is 5.73 Å². The molecule has 0 spiro atoms. The predicted molar refractivity (Wildman–Crippen MR) is 74.3 cm³/mol. The third-order valence-electron chi connectivity index (χ3n) is 3.63. The summed E-state index contributed by atoms with van der Waals surface area (Å²) in [5.74, 6) is 0. The van der Waals surface area contributed by atoms with Crippen molar-refractivity contribution in [3.05, 3.63) is 15.8 Å². The molecule has 2 rings (SSSR count). The number of thiophene rings is 1. The monoisotopic (exact) mass is 288 g/mol. The lowest BCUT2D eigenvalue weighted by Gasteiger charge is -2.22. The summed E-state index contributed by atoms with van der Waals surface area (Å²) in [5, 5.41) is 0. The molecule has 4 nitrogen and oxygen atoms in total. The largest absolute Gasteiger partial charge is 0.330 e. The number of hydrogen-bond acceptors (Lipinski definition) is 4. The van der Waals surface area contributed by atoms with E-state index in [4.69, 9.17) is 5.73 Å². The van der Waals surface area contributed by atoms with Gasteiger partial charge in [0, 0.05) is 22.8 Å². The lowest BCUT2D eigenvalue weighted by Crippen LogP contribution is -2.34. The van der Waals surface area contributed by atoms with Crippen molar-refractivity contribution in [2.24, 2.45) is 11.1 Å². The maximum Gasteiger partial charge on any atom is 0.244 e. The second kappa shape index (κ2) is 4.59. The molecule has 6 heteroatoms. The van der Waals surface area contributed by atoms with Crippen molar-refractivity contribution >= 4 is 21.4 Å². The molecule has 1 saturated heterocycles. The maximum atomic E-state index is 12.6. The molecule has 0 aliphatic carbocycles. The van der Waals surface area contributed by atoms with Gasteiger partial charge in [-0.05, 0) is 38.3 Å². The minimum Gasteiger partial charge on any atom is -0.330 e. The van der Waals surface area contributed by atoms with Crippen LogP contribution in [0.4, 0.5) is 0 Å². The molecule has 1 unspecified atom stereocenters. The fourth-order valence-electron chi connectivity index (χ4n) is 2.35. The third kappa shape index (κ3) is 2.34. The highest BCUT2D eigenvalue weighted by molar-refractivity contribution is 7.89. The fraction of sp³-hybridized carbons (Fsp3) is 0.667. The summed E-state index contributed by atoms with van der Waals surface area (Å²) in [5.41, 5.74) is 5.65. The van der Waals surface area contributed by atoms with Crippen LogP contribution < -0.4 is 5.73 Å². The van der Waals surface area contributed by atoms with E-state index in [-0.39, 0.29) is 5.41 Å². The van der Waals surface area contributed by atoms with Crippen molar-refractivity contribution in [1.82, 2.24) is 4.31 Å². The number of hydrogen-bond donors (Lipinski definition) is 1. The molecule has 1 aliphatic heterocycles. The summed E-state index contributed by atoms with van der Waals surface area (Å²) >= 11 is 1.53. The van der Waals surface area contributed by atoms with E-state index in [0.717, 1.165) is 16.2 Å². The van der Waals surface area contributed by atoms with Crippen LogP contribution in [0.25, 0.3) is 0 Å². The Morgan fingerprint density at radius 1 is 1.50 bits per heavy atom. The van der Waals surface area contributed by atoms with E-state index >= 15 is 0 Å². The first kappa shape index (κ1) is 14.0. The number of aryl methyl sites for hydroxylation is 2. The first-order chi connectivity index (χ1) is 8.28. The summed E-state index contributed by atoms with van der Waals surface area (Å²) in [4.78, 5) is 2.37. The van der Waals surface area contributed by atoms with E-state index in [1.54, 1.807) is 10.4 Å². The van der Waals surface area contributed by atoms with Gasteiger partial charge in [0.2, 0.25) is 10.0 Å². The number of nitrogens with zero attached hydrogens (tertiary/aromatic N) is 1. The molecule has 1 atom stereocenters. The van der Waals surface area contributed by atoms with Crippen molar-refractivity contribution in [3.63, 3.8) is 0 Å². The summed E-state index contributed by atoms with van der Waals surface area (Å²) in [6.07, 6.45) is 0.838. The van der Waals surface area contributed by atoms with E-state index in [1.165, 1.54) is 11.3 Å². The van der Waals surface area contributed by atoms with E-state index < -0.39 is 10.0 Å². The van der Waals surface area contributed by atoms with Crippen LogP contribution >= 0.6 is 11.3 Å². The molecule has 102 valence electrons. The smallest absolute Gasteiger partial charge is 0.244 e. The highest BCUT2D eigenvalue weighted by Gasteiger charge is 2.39. The van der Waals surface area contributed by atoms with Crippen molar-refractivity contribution < 1.29 is 8.42 Å². The van der Waals surface area contributed by atoms with Crippen LogP contribution in [-0.4, -0.2) is 32.4 Å². The van der Waals surface area contributed by atoms with Gasteiger partial charge >= 0.3 is 0 Å². The molecule has 1 aliphatic rings. The van der Waals surface area contributed by atoms with Crippen LogP contribution in [0.15, 0.2) is 11.0 Å². The maximum absolute atomic E-state index is 12.6. The molecule has 2 heterocycles. The van der Waals surface area contributed by atoms with E-state index in [0.29, 0.717) is 24.5 Å². The molecule has 0 bridgehead atoms. The van der Waals surface area contributed by atoms with E-state index in [1.807, 2.05) is 20.8 Å². The molecule has 0 saturated carbocycles. The van der Waals surface area contributed by atoms with Gasteiger partial charge in [-0.15, -0.1) is 11.3 Å². The van der Waals surface area contributed by atoms with Gasteiger partial charge in [-0.25, -0.2) is 8.42 Å². The summed E-state index contributed by atoms with van der Waals surface area (Å²) < 4.78 is 26.7. The Labute approximate surface area is 113 Å². The Balaban J connectivity index is 2.31. The Bertz CT molecular complexity index is 550. The molecule has 2 N–H and O–H groups in total. The topological polar surface area (TPSA) is 63.4 Å². The Hall–Kier alpha value is -0.430. The molecular formula is C12H20N2O2S2. The second-order valence-electron chi connectivity index (χ2n) is 5.38. The Kier molecular flexibility index (Phi) is 3.57. The van der Waals surface area contributed by atoms with Crippen molar-refractivity contribution in [2.45, 2.75) is 32.1 Å². The minimum atomic E-state index is -3.34. The number of rotatable bonds is 3. The van der Waals surface area contributed by atoms with Crippen molar-refractivity contribution in [2.75, 3.05) is 19.6 Å². The van der Waals surface area contributed by atoms with Gasteiger partial charge in [0.1, 0.15) is 0 Å². The van der Waals surface area contributed by atoms with Gasteiger partial charge in [0.15, 0.2) is 0 Å². The molecule has 0 aromatic carbocycles. The second-order valence-corrected chi connectivity index (χ2v) is 8.75. The highest BCUT2D eigenvalue weighted by Crippen LogP contribution is 2.35. The first-order valence-electron chi connectivity index (χ1n) is 6.06. The predicted octanol–water partition coefficient (Wildman–Crippen LogP) is 1.72. The van der Waals surface area contributed by atoms with Crippen LogP contribution in [0.2, 0.25) is 0 Å². The van der Waals surface area contributed by atoms with E-state index in [9.17, 15) is 8.42 Å². The van der Waals surface area contributed by atoms with Crippen LogP contribution in [0.3, 0.4) is 0 Å². The van der Waals surface area contributed by atoms with Gasteiger partial charge in [-0.2, -0.15) is 4.31 Å². The van der Waals surface area contributed by atoms with Gasteiger partial charge in [0.05, 0.1) is 4.90 Å². The summed E-state index contributed by atoms with van der Waals surface area (Å²) in [6.45, 7) is 7.48. The molecule has 0 amide bonds. The quantitative estimate of drug-likeness (QED) is 0.921. The van der Waals surface area contributed by atoms with Gasteiger partial charge in [0.25, 0.3) is 0 Å². The summed E-state index contributed by atoms with van der Waals surface area (Å²) in [6, 6.07) is 1.77. The Morgan fingerprint density at radius 3 is 2.61 bits per heavy atom. The van der Waals surface area contributed by atoms with Crippen molar-refractivity contribution in [3.8, 4) is 0 Å². The number of sulfonamides is 1. The molecule has 0 radical (unpaired) electrons. The van der Waals surface area contributed by atoms with Crippen LogP contribution in [0.5, 0.6) is 0 Å². The molecule has 1 aromatic rings. The van der Waals surface area contributed by atoms with Crippen LogP contribution in [0.1, 0.15) is 23.1 Å². The van der Waals surface area contributed by atoms with Crippen molar-refractivity contribution in [1.29, 1.82) is 0 Å². The van der Waals surface area contributed by atoms with Crippen LogP contribution in [0, 0.1) is 19.3 Å². The zero-order valence-electron chi connectivity index (χ0n) is 11.1. The highest BCUT2D eigenvalue weighted by atomic mass is 32.2. The normalized spacial score (nSPS) is 25.8. The van der Waals surface area contributed by atoms with Gasteiger partial charge in [-0.3, -0.25) is 0 Å². The summed E-state index contributed by atoms with van der Waals surface area (Å²) in [7, 11) is -3.34. The van der Waals surface area contributed by atoms with Crippen LogP contribution in [-0.2, 0) is 10.0 Å². The average Bonchev–Trinajstić information content (AvgIpc) is 2.84. The standard InChI is InChI=1S/C12H20N2O2S2/c1-9-6-11(10(2)17-9)18(15,16)14-5-4-12(3,7-13)8-14/h6H,4-5,7-8,13H2,1-3H3. The third-order valence-corrected chi connectivity index (χ3v) is 6.70. The Morgan fingerprint density at radius 2 is 2.17 bits per heavy atom. The lowest BCUT2D eigenvalue weighted by atomic mass is 9.90. The molecule has 1 aromatic heterocycles. The zero-order chi connectivity index (χ0) is 13.6. The fourth-order valence-corrected chi connectivity index (χ4v) is 5.47. The zero-order valence-corrected chi connectivity index (χ0v) is 12.7. The SMILES string of the molecule is Cc1cc(S(=O)(=O)N2CCC(C)(CN)C2)c(C)s1. The number of nitrogens with two attached hydrogens (primary N) is 1. The molecule has 1 fully saturated rings. The molecular weight excluding hydrogens is 268 g/mol. The first-order valence-corrected chi connectivity index (χ1v) is 8.31. The minimum absolute atomic E-state index is 0.0773. The van der Waals surface area contributed by atoms with Gasteiger partial charge in [-0.1, -0.05) is 6.92 Å². The lowest BCUT2D eigenvalue weighted by molar-refractivity contribution is 0.349. The van der Waals surface area contributed by atoms with E-state index in [2.05, 4.69) is 0 Å². The molecule has 18 heavy (non-hydrogen) atoms.